The molecule has 8 rings (SSSR count). The van der Waals surface area contributed by atoms with Crippen LogP contribution in [-0.2, 0) is 23.7 Å². The van der Waals surface area contributed by atoms with Crippen LogP contribution in [0.5, 0.6) is 0 Å². The van der Waals surface area contributed by atoms with Gasteiger partial charge in [0.25, 0.3) is 0 Å². The summed E-state index contributed by atoms with van der Waals surface area (Å²) in [5.41, 5.74) is 10.7. The summed E-state index contributed by atoms with van der Waals surface area (Å²) in [5, 5.41) is 3.80. The highest BCUT2D eigenvalue weighted by atomic mass is 35.6. The smallest absolute Gasteiger partial charge is 0.180 e. The molecule has 2 saturated heterocycles. The van der Waals surface area contributed by atoms with Gasteiger partial charge < -0.3 is 10.2 Å². The fourth-order valence-corrected chi connectivity index (χ4v) is 10.3. The number of likely N-dealkylation sites (tertiary alicyclic amines) is 1. The highest BCUT2D eigenvalue weighted by Gasteiger charge is 2.53. The topological polar surface area (TPSA) is 15.3 Å². The second-order valence-corrected chi connectivity index (χ2v) is 16.1. The molecule has 0 spiro atoms. The van der Waals surface area contributed by atoms with Crippen molar-refractivity contribution >= 4 is 34.8 Å². The fourth-order valence-electron chi connectivity index (χ4n) is 10.3. The van der Waals surface area contributed by atoms with Gasteiger partial charge in [-0.25, -0.2) is 0 Å². The van der Waals surface area contributed by atoms with Crippen molar-refractivity contribution in [3.05, 3.63) is 69.8 Å². The lowest BCUT2D eigenvalue weighted by Crippen LogP contribution is -2.59. The number of alkyl halides is 3. The van der Waals surface area contributed by atoms with Crippen molar-refractivity contribution in [2.75, 3.05) is 20.1 Å². The first kappa shape index (κ1) is 32.6. The minimum Gasteiger partial charge on any atom is -0.313 e. The average Bonchev–Trinajstić information content (AvgIpc) is 2.96. The Labute approximate surface area is 271 Å². The molecule has 4 fully saturated rings. The Kier molecular flexibility index (Phi) is 10.3. The van der Waals surface area contributed by atoms with Crippen molar-refractivity contribution in [2.45, 2.75) is 126 Å². The van der Waals surface area contributed by atoms with Crippen molar-refractivity contribution in [1.82, 2.24) is 10.2 Å². The normalized spacial score (nSPS) is 34.1. The molecule has 2 heterocycles. The molecular weight excluding hydrogens is 579 g/mol. The quantitative estimate of drug-likeness (QED) is 0.291. The minimum absolute atomic E-state index is 0. The van der Waals surface area contributed by atoms with Gasteiger partial charge in [-0.05, 0) is 119 Å². The molecule has 4 aliphatic carbocycles. The number of rotatable bonds is 0. The van der Waals surface area contributed by atoms with E-state index in [1.807, 2.05) is 0 Å². The van der Waals surface area contributed by atoms with Gasteiger partial charge in [0.15, 0.2) is 4.30 Å². The molecule has 6 aliphatic rings. The van der Waals surface area contributed by atoms with Crippen LogP contribution in [0.25, 0.3) is 0 Å². The van der Waals surface area contributed by atoms with Gasteiger partial charge in [-0.1, -0.05) is 115 Å². The summed E-state index contributed by atoms with van der Waals surface area (Å²) in [6, 6.07) is 16.0. The highest BCUT2D eigenvalue weighted by Crippen LogP contribution is 2.56. The molecule has 6 atom stereocenters. The van der Waals surface area contributed by atoms with Crippen molar-refractivity contribution < 1.29 is 0 Å². The third-order valence-electron chi connectivity index (χ3n) is 12.1. The molecule has 42 heavy (non-hydrogen) atoms. The lowest BCUT2D eigenvalue weighted by molar-refractivity contribution is 0.00283. The van der Waals surface area contributed by atoms with Crippen molar-refractivity contribution in [3.8, 4) is 0 Å². The van der Waals surface area contributed by atoms with E-state index in [-0.39, 0.29) is 7.43 Å². The first-order valence-electron chi connectivity index (χ1n) is 16.3. The van der Waals surface area contributed by atoms with Crippen LogP contribution < -0.4 is 5.32 Å². The number of piperidine rings is 2. The summed E-state index contributed by atoms with van der Waals surface area (Å²) in [6.45, 7) is 7.04. The Morgan fingerprint density at radius 1 is 0.762 bits per heavy atom. The Balaban J connectivity index is 0.000000146. The SMILES string of the molecule is C.Cc1ccc2c(c1)[C@]13CCCC[C@@H]1[C@H](C2)N(C)CC3.Cc1ccc2c(c1)[C@]13CCCC[C@@H]1[C@H](C2)NCC3.ClC(Cl)Cl. The Bertz CT molecular complexity index is 1220. The van der Waals surface area contributed by atoms with E-state index >= 15 is 0 Å². The molecule has 4 bridgehead atoms. The fraction of sp³-hybridized carbons (Fsp3) is 0.676. The molecule has 5 heteroatoms. The van der Waals surface area contributed by atoms with Crippen molar-refractivity contribution in [2.24, 2.45) is 11.8 Å². The second-order valence-electron chi connectivity index (χ2n) is 14.1. The van der Waals surface area contributed by atoms with Gasteiger partial charge in [0.05, 0.1) is 0 Å². The summed E-state index contributed by atoms with van der Waals surface area (Å²) >= 11 is 14.4. The van der Waals surface area contributed by atoms with E-state index in [2.05, 4.69) is 67.5 Å². The van der Waals surface area contributed by atoms with Crippen molar-refractivity contribution in [3.63, 3.8) is 0 Å². The number of hydrogen-bond acceptors (Lipinski definition) is 2. The molecule has 2 nitrogen and oxygen atoms in total. The van der Waals surface area contributed by atoms with Crippen LogP contribution in [-0.4, -0.2) is 41.4 Å². The third-order valence-corrected chi connectivity index (χ3v) is 12.1. The van der Waals surface area contributed by atoms with Gasteiger partial charge in [-0.2, -0.15) is 0 Å². The molecule has 0 unspecified atom stereocenters. The number of nitrogens with one attached hydrogen (secondary N) is 1. The summed E-state index contributed by atoms with van der Waals surface area (Å²) in [7, 11) is 2.35. The molecule has 2 aliphatic heterocycles. The zero-order valence-electron chi connectivity index (χ0n) is 25.3. The van der Waals surface area contributed by atoms with E-state index in [0.717, 1.165) is 23.9 Å². The van der Waals surface area contributed by atoms with Gasteiger partial charge in [-0.15, -0.1) is 0 Å². The zero-order valence-corrected chi connectivity index (χ0v) is 27.6. The van der Waals surface area contributed by atoms with Crippen LogP contribution in [0.1, 0.15) is 105 Å². The number of likely N-dealkylation sites (N-methyl/N-ethyl adjacent to an activating group) is 1. The van der Waals surface area contributed by atoms with E-state index in [1.165, 1.54) is 101 Å². The maximum atomic E-state index is 4.81. The van der Waals surface area contributed by atoms with Crippen LogP contribution in [0.4, 0.5) is 0 Å². The molecule has 0 radical (unpaired) electrons. The second kappa shape index (κ2) is 13.3. The standard InChI is InChI=1S/C18H25N.C17H23N.CHCl3.CH4/c1-13-6-7-14-12-17-15-5-3-4-8-18(15,16(14)11-13)9-10-19(17)2;1-12-5-6-13-11-16-14-4-2-3-7-17(14,8-9-18-16)15(13)10-12;2-1(3)4;/h6-7,11,15,17H,3-5,8-10,12H2,1-2H3;5-6,10,14,16,18H,2-4,7-9,11H2,1H3;1H;1H4/t15-,17+,18+;14-,16+,17+;;/m11../s1. The van der Waals surface area contributed by atoms with Crippen LogP contribution in [0.15, 0.2) is 36.4 Å². The predicted molar refractivity (Wildman–Crippen MR) is 183 cm³/mol. The van der Waals surface area contributed by atoms with Crippen LogP contribution in [0.3, 0.4) is 0 Å². The molecular formula is C37H53Cl3N2. The monoisotopic (exact) mass is 630 g/mol. The molecule has 0 aromatic heterocycles. The van der Waals surface area contributed by atoms with Crippen LogP contribution >= 0.6 is 34.8 Å². The van der Waals surface area contributed by atoms with E-state index in [9.17, 15) is 0 Å². The van der Waals surface area contributed by atoms with Gasteiger partial charge in [0.2, 0.25) is 0 Å². The average molecular weight is 632 g/mol. The van der Waals surface area contributed by atoms with Crippen LogP contribution in [0.2, 0.25) is 0 Å². The number of halogens is 3. The summed E-state index contributed by atoms with van der Waals surface area (Å²) in [4.78, 5) is 2.65. The predicted octanol–water partition coefficient (Wildman–Crippen LogP) is 9.65. The number of benzene rings is 2. The van der Waals surface area contributed by atoms with E-state index in [1.54, 1.807) is 22.3 Å². The summed E-state index contributed by atoms with van der Waals surface area (Å²) in [5.74, 6) is 1.84. The maximum absolute atomic E-state index is 4.81. The number of aryl methyl sites for hydroxylation is 2. The van der Waals surface area contributed by atoms with Crippen LogP contribution in [0, 0.1) is 25.7 Å². The molecule has 2 aromatic carbocycles. The molecule has 232 valence electrons. The van der Waals surface area contributed by atoms with Crippen molar-refractivity contribution in [1.29, 1.82) is 0 Å². The molecule has 0 amide bonds. The maximum Gasteiger partial charge on any atom is 0.180 e. The van der Waals surface area contributed by atoms with E-state index in [4.69, 9.17) is 34.8 Å². The molecule has 2 saturated carbocycles. The summed E-state index contributed by atoms with van der Waals surface area (Å²) in [6.07, 6.45) is 16.9. The molecule has 1 N–H and O–H groups in total. The Morgan fingerprint density at radius 3 is 1.93 bits per heavy atom. The lowest BCUT2D eigenvalue weighted by Gasteiger charge is -2.58. The number of fused-ring (bicyclic) bond motifs is 2. The van der Waals surface area contributed by atoms with Gasteiger partial charge >= 0.3 is 0 Å². The zero-order chi connectivity index (χ0) is 28.8. The van der Waals surface area contributed by atoms with E-state index < -0.39 is 4.30 Å². The van der Waals surface area contributed by atoms with Gasteiger partial charge in [0.1, 0.15) is 0 Å². The van der Waals surface area contributed by atoms with Gasteiger partial charge in [0, 0.05) is 22.9 Å². The summed E-state index contributed by atoms with van der Waals surface area (Å²) < 4.78 is -0.750. The highest BCUT2D eigenvalue weighted by molar-refractivity contribution is 6.63. The number of hydrogen-bond donors (Lipinski definition) is 1. The third kappa shape index (κ3) is 5.94. The van der Waals surface area contributed by atoms with E-state index in [0.29, 0.717) is 10.8 Å². The Morgan fingerprint density at radius 2 is 1.31 bits per heavy atom. The minimum atomic E-state index is -0.750. The Hall–Kier alpha value is -0.770. The first-order chi connectivity index (χ1) is 19.7. The largest absolute Gasteiger partial charge is 0.313 e. The first-order valence-corrected chi connectivity index (χ1v) is 17.6. The lowest BCUT2D eigenvalue weighted by atomic mass is 9.52. The van der Waals surface area contributed by atoms with Gasteiger partial charge in [-0.3, -0.25) is 0 Å². The number of nitrogens with zero attached hydrogens (tertiary/aromatic N) is 1. The molecule has 2 aromatic rings.